The quantitative estimate of drug-likeness (QED) is 0.168. The molecule has 0 saturated heterocycles. The molecule has 1 radical (unpaired) electrons. The van der Waals surface area contributed by atoms with Crippen molar-refractivity contribution in [2.45, 2.75) is 0 Å². The third-order valence-corrected chi connectivity index (χ3v) is 7.91. The third-order valence-electron chi connectivity index (χ3n) is 7.02. The molecule has 0 fully saturated rings. The van der Waals surface area contributed by atoms with Gasteiger partial charge in [0.1, 0.15) is 0 Å². The van der Waals surface area contributed by atoms with Crippen LogP contribution in [0.3, 0.4) is 0 Å². The van der Waals surface area contributed by atoms with Gasteiger partial charge in [-0.3, -0.25) is 16.3 Å². The second-order valence-electron chi connectivity index (χ2n) is 9.67. The monoisotopic (exact) mass is 749 g/mol. The van der Waals surface area contributed by atoms with Crippen molar-refractivity contribution in [1.82, 2.24) is 14.5 Å². The average molecular weight is 749 g/mol. The predicted molar refractivity (Wildman–Crippen MR) is 175 cm³/mol. The molecule has 0 aliphatic rings. The molecule has 3 heterocycles. The van der Waals surface area contributed by atoms with Gasteiger partial charge < -0.3 is 9.55 Å². The molecule has 0 bridgehead atoms. The second kappa shape index (κ2) is 13.1. The number of pyridine rings is 1. The van der Waals surface area contributed by atoms with Crippen LogP contribution >= 0.6 is 11.3 Å². The topological polar surface area (TPSA) is 30.7 Å². The number of benzene rings is 5. The number of para-hydroxylation sites is 2. The van der Waals surface area contributed by atoms with Gasteiger partial charge in [0, 0.05) is 32.0 Å². The van der Waals surface area contributed by atoms with Crippen molar-refractivity contribution in [3.63, 3.8) is 0 Å². The summed E-state index contributed by atoms with van der Waals surface area (Å²) in [6, 6.07) is 50.2. The van der Waals surface area contributed by atoms with E-state index in [2.05, 4.69) is 75.6 Å². The van der Waals surface area contributed by atoms with Crippen molar-refractivity contribution < 1.29 is 21.5 Å². The molecular weight excluding hydrogens is 723 g/mol. The molecule has 8 aromatic rings. The van der Waals surface area contributed by atoms with Crippen LogP contribution < -0.4 is 0 Å². The fourth-order valence-electron chi connectivity index (χ4n) is 4.99. The Morgan fingerprint density at radius 1 is 0.698 bits per heavy atom. The molecule has 209 valence electrons. The molecule has 0 amide bonds. The van der Waals surface area contributed by atoms with Crippen LogP contribution in [0, 0.1) is 11.4 Å². The van der Waals surface area contributed by atoms with Gasteiger partial charge in [0.25, 0.3) is 0 Å². The minimum absolute atomic E-state index is 0. The molecule has 5 heteroatoms. The van der Waals surface area contributed by atoms with E-state index < -0.39 is 0 Å². The maximum atomic E-state index is 8.07. The van der Waals surface area contributed by atoms with E-state index in [1.54, 1.807) is 17.5 Å². The van der Waals surface area contributed by atoms with Crippen molar-refractivity contribution in [3.05, 3.63) is 163 Å². The Morgan fingerprint density at radius 3 is 2.26 bits per heavy atom. The summed E-state index contributed by atoms with van der Waals surface area (Å²) in [5.74, 6) is 0.852. The second-order valence-corrected chi connectivity index (χ2v) is 10.5. The number of aromatic nitrogens is 3. The summed E-state index contributed by atoms with van der Waals surface area (Å²) in [7, 11) is 0. The van der Waals surface area contributed by atoms with Crippen LogP contribution in [0.15, 0.2) is 152 Å². The first-order valence-corrected chi connectivity index (χ1v) is 14.5. The van der Waals surface area contributed by atoms with Gasteiger partial charge in [0.05, 0.1) is 18.2 Å². The Kier molecular flexibility index (Phi) is 8.28. The van der Waals surface area contributed by atoms with Gasteiger partial charge in [0.2, 0.25) is 0 Å². The Morgan fingerprint density at radius 2 is 1.47 bits per heavy atom. The number of hydrogen-bond acceptors (Lipinski definition) is 3. The van der Waals surface area contributed by atoms with Gasteiger partial charge in [-0.1, -0.05) is 101 Å². The zero-order chi connectivity index (χ0) is 29.0. The van der Waals surface area contributed by atoms with E-state index in [-0.39, 0.29) is 20.1 Å². The van der Waals surface area contributed by atoms with E-state index in [1.807, 2.05) is 84.9 Å². The number of imidazole rings is 1. The van der Waals surface area contributed by atoms with Crippen molar-refractivity contribution in [2.24, 2.45) is 0 Å². The smallest absolute Gasteiger partial charge is 0.0774 e. The third kappa shape index (κ3) is 5.97. The zero-order valence-electron chi connectivity index (χ0n) is 23.9. The number of fused-ring (bicyclic) bond motifs is 2. The summed E-state index contributed by atoms with van der Waals surface area (Å²) in [5, 5.41) is 4.46. The summed E-state index contributed by atoms with van der Waals surface area (Å²) in [6.45, 7) is 0. The number of rotatable bonds is 4. The summed E-state index contributed by atoms with van der Waals surface area (Å²) in [5.41, 5.74) is 8.39. The van der Waals surface area contributed by atoms with Gasteiger partial charge in [-0.25, -0.2) is 0 Å². The van der Waals surface area contributed by atoms with Gasteiger partial charge in [-0.15, -0.1) is 47.3 Å². The Labute approximate surface area is 269 Å². The zero-order valence-corrected chi connectivity index (χ0v) is 26.2. The normalized spacial score (nSPS) is 10.9. The molecule has 5 aromatic carbocycles. The number of hydrogen-bond donors (Lipinski definition) is 0. The van der Waals surface area contributed by atoms with Gasteiger partial charge in [-0.2, -0.15) is 0 Å². The first kappa shape index (κ1) is 27.2. The molecular formula is C38H25IrN3S-2. The van der Waals surface area contributed by atoms with Gasteiger partial charge in [0.15, 0.2) is 0 Å². The standard InChI is InChI=1S/C27H17N2S.C11H8N.Ir/c1-2-8-19(9-3-1)20-14-16-21(17-15-20)29-25-12-6-5-11-24(25)28-27(29)23-18-30-26-13-7-4-10-22(23)26;1-2-6-10(7-3-1)11-8-4-5-9-12-11;/h1-17H;1-6,8-9H;/q2*-1;/i4D;;. The molecule has 0 spiro atoms. The van der Waals surface area contributed by atoms with E-state index in [9.17, 15) is 0 Å². The number of thiophene rings is 1. The molecule has 8 rings (SSSR count). The first-order chi connectivity index (χ1) is 21.2. The molecule has 0 unspecified atom stereocenters. The Bertz CT molecular complexity index is 2090. The molecule has 43 heavy (non-hydrogen) atoms. The summed E-state index contributed by atoms with van der Waals surface area (Å²) >= 11 is 1.57. The predicted octanol–water partition coefficient (Wildman–Crippen LogP) is 9.92. The van der Waals surface area contributed by atoms with E-state index in [0.29, 0.717) is 6.04 Å². The van der Waals surface area contributed by atoms with Crippen molar-refractivity contribution in [2.75, 3.05) is 0 Å². The molecule has 3 nitrogen and oxygen atoms in total. The van der Waals surface area contributed by atoms with Crippen LogP contribution in [0.4, 0.5) is 0 Å². The van der Waals surface area contributed by atoms with Crippen LogP contribution in [0.25, 0.3) is 60.6 Å². The molecule has 0 aliphatic carbocycles. The fraction of sp³-hybridized carbons (Fsp3) is 0. The van der Waals surface area contributed by atoms with Gasteiger partial charge >= 0.3 is 0 Å². The molecule has 0 atom stereocenters. The van der Waals surface area contributed by atoms with Crippen LogP contribution in [-0.2, 0) is 20.1 Å². The van der Waals surface area contributed by atoms with E-state index >= 15 is 0 Å². The van der Waals surface area contributed by atoms with E-state index in [4.69, 9.17) is 6.35 Å². The SMILES string of the molecule is [2H]c1ccc2s[c-]c(-c3nc4ccccc4n3-c3ccc(-c4ccccc4)cc3)c2c1.[Ir].[c-]1ccccc1-c1ccccn1. The average Bonchev–Trinajstić information content (AvgIpc) is 3.67. The van der Waals surface area contributed by atoms with Crippen LogP contribution in [-0.4, -0.2) is 14.5 Å². The minimum Gasteiger partial charge on any atom is -0.333 e. The molecule has 3 aromatic heterocycles. The minimum atomic E-state index is 0. The Hall–Kier alpha value is -4.67. The fourth-order valence-corrected chi connectivity index (χ4v) is 5.81. The number of nitrogens with zero attached hydrogens (tertiary/aromatic N) is 3. The van der Waals surface area contributed by atoms with E-state index in [0.717, 1.165) is 49.5 Å². The first-order valence-electron chi connectivity index (χ1n) is 14.2. The summed E-state index contributed by atoms with van der Waals surface area (Å²) < 4.78 is 11.4. The Balaban J connectivity index is 0.000000222. The van der Waals surface area contributed by atoms with Gasteiger partial charge in [-0.05, 0) is 47.2 Å². The van der Waals surface area contributed by atoms with E-state index in [1.165, 1.54) is 11.1 Å². The van der Waals surface area contributed by atoms with Crippen LogP contribution in [0.2, 0.25) is 0 Å². The van der Waals surface area contributed by atoms with Crippen molar-refractivity contribution in [3.8, 4) is 39.5 Å². The van der Waals surface area contributed by atoms with Crippen molar-refractivity contribution >= 4 is 32.5 Å². The summed E-state index contributed by atoms with van der Waals surface area (Å²) in [4.78, 5) is 9.19. The maximum Gasteiger partial charge on any atom is 0.0774 e. The maximum absolute atomic E-state index is 8.07. The molecule has 0 aliphatic heterocycles. The molecule has 0 saturated carbocycles. The van der Waals surface area contributed by atoms with Crippen LogP contribution in [0.1, 0.15) is 1.37 Å². The van der Waals surface area contributed by atoms with Crippen LogP contribution in [0.5, 0.6) is 0 Å². The summed E-state index contributed by atoms with van der Waals surface area (Å²) in [6.07, 6.45) is 1.79. The van der Waals surface area contributed by atoms with Crippen molar-refractivity contribution in [1.29, 1.82) is 0 Å². The molecule has 0 N–H and O–H groups in total. The largest absolute Gasteiger partial charge is 0.333 e.